The van der Waals surface area contributed by atoms with Gasteiger partial charge >= 0.3 is 12.1 Å². The normalized spacial score (nSPS) is 12.4. The molecule has 3 rings (SSSR count). The number of hydrogen-bond acceptors (Lipinski definition) is 9. The molecular weight excluding hydrogens is 524 g/mol. The van der Waals surface area contributed by atoms with Crippen LogP contribution in [0.1, 0.15) is 48.4 Å². The van der Waals surface area contributed by atoms with Crippen LogP contribution in [0.4, 0.5) is 4.79 Å². The highest BCUT2D eigenvalue weighted by atomic mass is 32.2. The zero-order chi connectivity index (χ0) is 28.8. The summed E-state index contributed by atoms with van der Waals surface area (Å²) in [6.45, 7) is 5.45. The highest BCUT2D eigenvalue weighted by Crippen LogP contribution is 2.27. The van der Waals surface area contributed by atoms with Crippen LogP contribution in [0.5, 0.6) is 5.75 Å². The molecule has 0 aliphatic heterocycles. The van der Waals surface area contributed by atoms with E-state index in [0.717, 1.165) is 24.8 Å². The third-order valence-electron chi connectivity index (χ3n) is 5.70. The molecule has 1 aromatic heterocycles. The lowest BCUT2D eigenvalue weighted by Gasteiger charge is -2.29. The van der Waals surface area contributed by atoms with E-state index >= 15 is 0 Å². The van der Waals surface area contributed by atoms with E-state index < -0.39 is 33.6 Å². The number of carbonyl (C=O) groups excluding carboxylic acids is 2. The maximum atomic E-state index is 13.1. The molecule has 1 heterocycles. The van der Waals surface area contributed by atoms with E-state index in [1.807, 2.05) is 0 Å². The van der Waals surface area contributed by atoms with Gasteiger partial charge in [0.05, 0.1) is 29.5 Å². The second-order valence-electron chi connectivity index (χ2n) is 9.80. The van der Waals surface area contributed by atoms with Crippen molar-refractivity contribution in [1.29, 1.82) is 0 Å². The van der Waals surface area contributed by atoms with E-state index in [9.17, 15) is 28.2 Å². The van der Waals surface area contributed by atoms with Crippen LogP contribution in [0.15, 0.2) is 76.8 Å². The van der Waals surface area contributed by atoms with Gasteiger partial charge in [0.25, 0.3) is 0 Å². The molecule has 0 bridgehead atoms. The van der Waals surface area contributed by atoms with E-state index in [1.54, 1.807) is 51.2 Å². The van der Waals surface area contributed by atoms with E-state index in [1.165, 1.54) is 29.3 Å². The first-order chi connectivity index (χ1) is 18.3. The first-order valence-corrected chi connectivity index (χ1v) is 13.6. The molecular formula is C28H32N2O8S. The Bertz CT molecular complexity index is 1400. The minimum absolute atomic E-state index is 0.0104. The molecule has 3 aromatic rings. The molecule has 10 nitrogen and oxygen atoms in total. The summed E-state index contributed by atoms with van der Waals surface area (Å²) in [6, 6.07) is 12.9. The highest BCUT2D eigenvalue weighted by molar-refractivity contribution is 7.91. The number of hydrogen-bond donors (Lipinski definition) is 2. The second-order valence-corrected chi connectivity index (χ2v) is 11.7. The fourth-order valence-corrected chi connectivity index (χ4v) is 4.95. The predicted octanol–water partition coefficient (Wildman–Crippen LogP) is 3.92. The summed E-state index contributed by atoms with van der Waals surface area (Å²) < 4.78 is 36.4. The molecule has 0 aliphatic carbocycles. The zero-order valence-corrected chi connectivity index (χ0v) is 23.0. The van der Waals surface area contributed by atoms with Crippen molar-refractivity contribution >= 4 is 21.9 Å². The van der Waals surface area contributed by atoms with E-state index in [2.05, 4.69) is 9.72 Å². The topological polar surface area (TPSA) is 143 Å². The molecule has 0 aliphatic rings. The number of phenols is 1. The van der Waals surface area contributed by atoms with Crippen LogP contribution < -0.4 is 0 Å². The van der Waals surface area contributed by atoms with Crippen LogP contribution in [-0.2, 0) is 25.7 Å². The first kappa shape index (κ1) is 29.6. The van der Waals surface area contributed by atoms with Crippen molar-refractivity contribution in [2.75, 3.05) is 20.2 Å². The van der Waals surface area contributed by atoms with Crippen LogP contribution in [0.3, 0.4) is 0 Å². The summed E-state index contributed by atoms with van der Waals surface area (Å²) in [6.07, 6.45) is 1.92. The van der Waals surface area contributed by atoms with Gasteiger partial charge < -0.3 is 24.6 Å². The Hall–Kier alpha value is -3.96. The van der Waals surface area contributed by atoms with Crippen LogP contribution >= 0.6 is 0 Å². The van der Waals surface area contributed by atoms with Gasteiger partial charge in [-0.05, 0) is 69.2 Å². The third kappa shape index (κ3) is 7.78. The van der Waals surface area contributed by atoms with Gasteiger partial charge in [0.2, 0.25) is 9.84 Å². The lowest BCUT2D eigenvalue weighted by atomic mass is 10.1. The molecule has 0 unspecified atom stereocenters. The second kappa shape index (κ2) is 12.3. The molecule has 39 heavy (non-hydrogen) atoms. The molecule has 0 radical (unpaired) electrons. The van der Waals surface area contributed by atoms with Crippen molar-refractivity contribution < 1.29 is 37.7 Å². The minimum Gasteiger partial charge on any atom is -0.507 e. The number of esters is 1. The van der Waals surface area contributed by atoms with Crippen LogP contribution in [0.25, 0.3) is 0 Å². The molecule has 0 saturated heterocycles. The predicted molar refractivity (Wildman–Crippen MR) is 142 cm³/mol. The van der Waals surface area contributed by atoms with E-state index in [-0.39, 0.29) is 34.2 Å². The van der Waals surface area contributed by atoms with Crippen molar-refractivity contribution in [2.24, 2.45) is 0 Å². The maximum absolute atomic E-state index is 13.1. The van der Waals surface area contributed by atoms with Crippen molar-refractivity contribution in [3.05, 3.63) is 83.7 Å². The Labute approximate surface area is 227 Å². The lowest BCUT2D eigenvalue weighted by molar-refractivity contribution is 0.0146. The minimum atomic E-state index is -3.99. The Morgan fingerprint density at radius 2 is 1.72 bits per heavy atom. The number of ether oxygens (including phenoxy) is 2. The number of pyridine rings is 1. The number of nitrogens with zero attached hydrogens (tertiary/aromatic N) is 2. The van der Waals surface area contributed by atoms with Crippen LogP contribution in [0.2, 0.25) is 0 Å². The van der Waals surface area contributed by atoms with Gasteiger partial charge in [0.1, 0.15) is 16.9 Å². The van der Waals surface area contributed by atoms with Crippen molar-refractivity contribution in [1.82, 2.24) is 9.88 Å². The van der Waals surface area contributed by atoms with Gasteiger partial charge in [0.15, 0.2) is 0 Å². The van der Waals surface area contributed by atoms with Gasteiger partial charge in [0, 0.05) is 24.5 Å². The fraction of sp³-hybridized carbons (Fsp3) is 0.321. The van der Waals surface area contributed by atoms with Gasteiger partial charge in [-0.25, -0.2) is 18.0 Å². The van der Waals surface area contributed by atoms with Crippen molar-refractivity contribution in [2.45, 2.75) is 48.7 Å². The summed E-state index contributed by atoms with van der Waals surface area (Å²) in [5.74, 6) is -1.25. The number of benzene rings is 2. The molecule has 1 atom stereocenters. The molecule has 1 amide bonds. The molecule has 2 aromatic carbocycles. The van der Waals surface area contributed by atoms with Gasteiger partial charge in [-0.15, -0.1) is 0 Å². The Balaban J connectivity index is 1.76. The molecule has 0 fully saturated rings. The molecule has 2 N–H and O–H groups in total. The maximum Gasteiger partial charge on any atom is 0.410 e. The molecule has 11 heteroatoms. The van der Waals surface area contributed by atoms with E-state index in [0.29, 0.717) is 12.0 Å². The summed E-state index contributed by atoms with van der Waals surface area (Å²) in [7, 11) is -2.86. The number of amides is 1. The lowest BCUT2D eigenvalue weighted by Crippen LogP contribution is -2.40. The van der Waals surface area contributed by atoms with E-state index in [4.69, 9.17) is 4.74 Å². The van der Waals surface area contributed by atoms with Crippen LogP contribution in [0, 0.1) is 0 Å². The average Bonchev–Trinajstić information content (AvgIpc) is 2.90. The average molecular weight is 557 g/mol. The molecule has 208 valence electrons. The standard InChI is InChI=1S/C28H32N2O8S/c1-28(2,3)38-27(34)30(18-25(32)20-6-5-14-29-17-20)15-13-19-7-9-21(10-8-19)39(35,36)22-11-12-24(31)23(16-22)26(33)37-4/h5-12,14,16-17,25,31-32H,13,15,18H2,1-4H3/t25-/m1/s1. The zero-order valence-electron chi connectivity index (χ0n) is 22.2. The number of aliphatic hydroxyl groups excluding tert-OH is 1. The number of carbonyl (C=O) groups is 2. The summed E-state index contributed by atoms with van der Waals surface area (Å²) >= 11 is 0. The number of aromatic hydroxyl groups is 1. The van der Waals surface area contributed by atoms with Crippen molar-refractivity contribution in [3.63, 3.8) is 0 Å². The summed E-state index contributed by atoms with van der Waals surface area (Å²) in [4.78, 5) is 29.9. The quantitative estimate of drug-likeness (QED) is 0.375. The Morgan fingerprint density at radius 3 is 2.31 bits per heavy atom. The Morgan fingerprint density at radius 1 is 1.05 bits per heavy atom. The van der Waals surface area contributed by atoms with Gasteiger partial charge in [-0.2, -0.15) is 0 Å². The fourth-order valence-electron chi connectivity index (χ4n) is 3.66. The third-order valence-corrected chi connectivity index (χ3v) is 7.47. The molecule has 0 spiro atoms. The van der Waals surface area contributed by atoms with Crippen LogP contribution in [-0.4, -0.2) is 66.4 Å². The number of aliphatic hydroxyl groups is 1. The largest absolute Gasteiger partial charge is 0.507 e. The molecule has 0 saturated carbocycles. The number of rotatable bonds is 9. The van der Waals surface area contributed by atoms with Gasteiger partial charge in [-0.1, -0.05) is 18.2 Å². The SMILES string of the molecule is COC(=O)c1cc(S(=O)(=O)c2ccc(CCN(C[C@@H](O)c3cccnc3)C(=O)OC(C)(C)C)cc2)ccc1O. The number of phenolic OH excluding ortho intramolecular Hbond substituents is 1. The van der Waals surface area contributed by atoms with Crippen molar-refractivity contribution in [3.8, 4) is 5.75 Å². The Kier molecular flexibility index (Phi) is 9.31. The first-order valence-electron chi connectivity index (χ1n) is 12.1. The monoisotopic (exact) mass is 556 g/mol. The highest BCUT2D eigenvalue weighted by Gasteiger charge is 2.25. The summed E-state index contributed by atoms with van der Waals surface area (Å²) in [5.41, 5.74) is 0.322. The summed E-state index contributed by atoms with van der Waals surface area (Å²) in [5, 5.41) is 20.5. The number of aromatic nitrogens is 1. The number of methoxy groups -OCH3 is 1. The van der Waals surface area contributed by atoms with Gasteiger partial charge in [-0.3, -0.25) is 4.98 Å². The smallest absolute Gasteiger partial charge is 0.410 e. The number of sulfone groups is 1.